The zero-order chi connectivity index (χ0) is 19.8. The van der Waals surface area contributed by atoms with Crippen molar-refractivity contribution in [2.45, 2.75) is 33.1 Å². The average molecular weight is 375 g/mol. The first kappa shape index (κ1) is 20.4. The monoisotopic (exact) mass is 375 g/mol. The van der Waals surface area contributed by atoms with Crippen LogP contribution < -0.4 is 10.6 Å². The fourth-order valence-electron chi connectivity index (χ4n) is 2.91. The SMILES string of the molecule is CCC(=O)N1CCCC(C(=O)OCC(=O)Nc2ccc(NC(C)=O)cc2)C1. The van der Waals surface area contributed by atoms with Crippen LogP contribution in [0.15, 0.2) is 24.3 Å². The lowest BCUT2D eigenvalue weighted by Gasteiger charge is -2.31. The van der Waals surface area contributed by atoms with E-state index < -0.39 is 11.9 Å². The summed E-state index contributed by atoms with van der Waals surface area (Å²) in [7, 11) is 0. The topological polar surface area (TPSA) is 105 Å². The number of hydrogen-bond acceptors (Lipinski definition) is 5. The highest BCUT2D eigenvalue weighted by molar-refractivity contribution is 5.93. The van der Waals surface area contributed by atoms with Gasteiger partial charge in [-0.05, 0) is 37.1 Å². The Morgan fingerprint density at radius 3 is 2.33 bits per heavy atom. The second-order valence-corrected chi connectivity index (χ2v) is 6.45. The molecule has 1 aromatic rings. The summed E-state index contributed by atoms with van der Waals surface area (Å²) in [5.41, 5.74) is 1.15. The second-order valence-electron chi connectivity index (χ2n) is 6.45. The molecule has 1 heterocycles. The van der Waals surface area contributed by atoms with E-state index in [1.807, 2.05) is 0 Å². The van der Waals surface area contributed by atoms with Gasteiger partial charge in [-0.25, -0.2) is 0 Å². The maximum atomic E-state index is 12.2. The number of anilines is 2. The van der Waals surface area contributed by atoms with Gasteiger partial charge in [-0.2, -0.15) is 0 Å². The molecule has 1 aromatic carbocycles. The molecule has 1 atom stereocenters. The van der Waals surface area contributed by atoms with Crippen molar-refractivity contribution in [3.63, 3.8) is 0 Å². The molecule has 0 saturated carbocycles. The van der Waals surface area contributed by atoms with Gasteiger partial charge in [-0.3, -0.25) is 19.2 Å². The summed E-state index contributed by atoms with van der Waals surface area (Å²) in [6, 6.07) is 6.59. The lowest BCUT2D eigenvalue weighted by atomic mass is 9.98. The van der Waals surface area contributed by atoms with Crippen molar-refractivity contribution in [2.75, 3.05) is 30.3 Å². The number of hydrogen-bond donors (Lipinski definition) is 2. The highest BCUT2D eigenvalue weighted by Gasteiger charge is 2.29. The van der Waals surface area contributed by atoms with Crippen LogP contribution in [0.1, 0.15) is 33.1 Å². The number of benzene rings is 1. The molecule has 2 rings (SSSR count). The van der Waals surface area contributed by atoms with E-state index in [0.717, 1.165) is 6.42 Å². The average Bonchev–Trinajstić information content (AvgIpc) is 2.66. The molecule has 8 heteroatoms. The van der Waals surface area contributed by atoms with E-state index in [-0.39, 0.29) is 24.3 Å². The van der Waals surface area contributed by atoms with Crippen LogP contribution in [0.2, 0.25) is 0 Å². The summed E-state index contributed by atoms with van der Waals surface area (Å²) in [6.45, 7) is 3.82. The molecule has 1 fully saturated rings. The summed E-state index contributed by atoms with van der Waals surface area (Å²) in [6.07, 6.45) is 1.81. The van der Waals surface area contributed by atoms with E-state index in [9.17, 15) is 19.2 Å². The highest BCUT2D eigenvalue weighted by Crippen LogP contribution is 2.19. The number of nitrogens with one attached hydrogen (secondary N) is 2. The largest absolute Gasteiger partial charge is 0.455 e. The van der Waals surface area contributed by atoms with Gasteiger partial charge in [0.2, 0.25) is 11.8 Å². The second kappa shape index (κ2) is 9.70. The fourth-order valence-corrected chi connectivity index (χ4v) is 2.91. The molecular formula is C19H25N3O5. The summed E-state index contributed by atoms with van der Waals surface area (Å²) < 4.78 is 5.11. The Bertz CT molecular complexity index is 702. The van der Waals surface area contributed by atoms with E-state index in [4.69, 9.17) is 4.74 Å². The number of esters is 1. The molecule has 1 aliphatic heterocycles. The number of nitrogens with zero attached hydrogens (tertiary/aromatic N) is 1. The van der Waals surface area contributed by atoms with Gasteiger partial charge in [0.1, 0.15) is 0 Å². The number of carbonyl (C=O) groups is 4. The van der Waals surface area contributed by atoms with Crippen molar-refractivity contribution in [3.8, 4) is 0 Å². The van der Waals surface area contributed by atoms with E-state index in [1.165, 1.54) is 6.92 Å². The molecule has 8 nitrogen and oxygen atoms in total. The van der Waals surface area contributed by atoms with Crippen LogP contribution in [-0.2, 0) is 23.9 Å². The minimum Gasteiger partial charge on any atom is -0.455 e. The van der Waals surface area contributed by atoms with Crippen LogP contribution in [-0.4, -0.2) is 48.3 Å². The van der Waals surface area contributed by atoms with Gasteiger partial charge in [0, 0.05) is 37.8 Å². The summed E-state index contributed by atoms with van der Waals surface area (Å²) in [5, 5.41) is 5.25. The van der Waals surface area contributed by atoms with Crippen molar-refractivity contribution in [2.24, 2.45) is 5.92 Å². The number of likely N-dealkylation sites (tertiary alicyclic amines) is 1. The van der Waals surface area contributed by atoms with Gasteiger partial charge in [-0.15, -0.1) is 0 Å². The first-order valence-electron chi connectivity index (χ1n) is 9.01. The normalized spacial score (nSPS) is 16.4. The predicted octanol–water partition coefficient (Wildman–Crippen LogP) is 1.78. The number of carbonyl (C=O) groups excluding carboxylic acids is 4. The van der Waals surface area contributed by atoms with Crippen LogP contribution in [0.25, 0.3) is 0 Å². The van der Waals surface area contributed by atoms with Crippen molar-refractivity contribution in [1.82, 2.24) is 4.90 Å². The number of piperidine rings is 1. The van der Waals surface area contributed by atoms with Crippen LogP contribution >= 0.6 is 0 Å². The van der Waals surface area contributed by atoms with Gasteiger partial charge in [-0.1, -0.05) is 6.92 Å². The molecular weight excluding hydrogens is 350 g/mol. The molecule has 0 aromatic heterocycles. The smallest absolute Gasteiger partial charge is 0.311 e. The molecule has 0 spiro atoms. The standard InChI is InChI=1S/C19H25N3O5/c1-3-18(25)22-10-4-5-14(11-22)19(26)27-12-17(24)21-16-8-6-15(7-9-16)20-13(2)23/h6-9,14H,3-5,10-12H2,1-2H3,(H,20,23)(H,21,24). The molecule has 0 radical (unpaired) electrons. The van der Waals surface area contributed by atoms with Gasteiger partial charge in [0.15, 0.2) is 6.61 Å². The Hall–Kier alpha value is -2.90. The Morgan fingerprint density at radius 2 is 1.74 bits per heavy atom. The fraction of sp³-hybridized carbons (Fsp3) is 0.474. The maximum Gasteiger partial charge on any atom is 0.311 e. The Morgan fingerprint density at radius 1 is 1.11 bits per heavy atom. The van der Waals surface area contributed by atoms with Crippen LogP contribution in [0.3, 0.4) is 0 Å². The molecule has 1 saturated heterocycles. The zero-order valence-corrected chi connectivity index (χ0v) is 15.6. The highest BCUT2D eigenvalue weighted by atomic mass is 16.5. The molecule has 146 valence electrons. The van der Waals surface area contributed by atoms with Gasteiger partial charge >= 0.3 is 5.97 Å². The maximum absolute atomic E-state index is 12.2. The molecule has 2 N–H and O–H groups in total. The predicted molar refractivity (Wildman–Crippen MR) is 99.9 cm³/mol. The third kappa shape index (κ3) is 6.40. The first-order valence-corrected chi connectivity index (χ1v) is 9.01. The molecule has 27 heavy (non-hydrogen) atoms. The Kier molecular flexibility index (Phi) is 7.34. The van der Waals surface area contributed by atoms with Gasteiger partial charge < -0.3 is 20.3 Å². The van der Waals surface area contributed by atoms with Crippen molar-refractivity contribution >= 4 is 35.1 Å². The third-order valence-electron chi connectivity index (χ3n) is 4.24. The summed E-state index contributed by atoms with van der Waals surface area (Å²) in [4.78, 5) is 48.6. The molecule has 1 unspecified atom stereocenters. The number of amides is 3. The van der Waals surface area contributed by atoms with Crippen molar-refractivity contribution < 1.29 is 23.9 Å². The lowest BCUT2D eigenvalue weighted by Crippen LogP contribution is -2.42. The molecule has 1 aliphatic rings. The van der Waals surface area contributed by atoms with Crippen LogP contribution in [0.5, 0.6) is 0 Å². The first-order chi connectivity index (χ1) is 12.9. The minimum atomic E-state index is -0.459. The van der Waals surface area contributed by atoms with Crippen molar-refractivity contribution in [1.29, 1.82) is 0 Å². The van der Waals surface area contributed by atoms with Gasteiger partial charge in [0.25, 0.3) is 5.91 Å². The molecule has 0 bridgehead atoms. The van der Waals surface area contributed by atoms with Crippen LogP contribution in [0, 0.1) is 5.92 Å². The van der Waals surface area contributed by atoms with E-state index >= 15 is 0 Å². The minimum absolute atomic E-state index is 0.0213. The summed E-state index contributed by atoms with van der Waals surface area (Å²) >= 11 is 0. The number of rotatable bonds is 6. The number of ether oxygens (including phenoxy) is 1. The van der Waals surface area contributed by atoms with E-state index in [2.05, 4.69) is 10.6 Å². The Balaban J connectivity index is 1.78. The lowest BCUT2D eigenvalue weighted by molar-refractivity contribution is -0.154. The van der Waals surface area contributed by atoms with E-state index in [0.29, 0.717) is 37.3 Å². The molecule has 0 aliphatic carbocycles. The Labute approximate surface area is 158 Å². The quantitative estimate of drug-likeness (QED) is 0.738. The van der Waals surface area contributed by atoms with E-state index in [1.54, 1.807) is 36.1 Å². The molecule has 3 amide bonds. The zero-order valence-electron chi connectivity index (χ0n) is 15.6. The third-order valence-corrected chi connectivity index (χ3v) is 4.24. The van der Waals surface area contributed by atoms with Crippen LogP contribution in [0.4, 0.5) is 11.4 Å². The van der Waals surface area contributed by atoms with Crippen molar-refractivity contribution in [3.05, 3.63) is 24.3 Å². The van der Waals surface area contributed by atoms with Gasteiger partial charge in [0.05, 0.1) is 5.92 Å². The summed E-state index contributed by atoms with van der Waals surface area (Å²) in [5.74, 6) is -1.46.